The van der Waals surface area contributed by atoms with Crippen LogP contribution in [0.4, 0.5) is 0 Å². The van der Waals surface area contributed by atoms with E-state index in [9.17, 15) is 4.79 Å². The summed E-state index contributed by atoms with van der Waals surface area (Å²) in [6.45, 7) is 4.69. The van der Waals surface area contributed by atoms with Gasteiger partial charge in [-0.2, -0.15) is 0 Å². The van der Waals surface area contributed by atoms with Crippen molar-refractivity contribution in [2.45, 2.75) is 32.9 Å². The quantitative estimate of drug-likeness (QED) is 0.492. The van der Waals surface area contributed by atoms with E-state index in [1.807, 2.05) is 66.7 Å². The van der Waals surface area contributed by atoms with E-state index in [1.165, 1.54) is 0 Å². The molecule has 3 aromatic rings. The number of carbonyl (C=O) groups excluding carboxylic acids is 1. The number of carbonyl (C=O) groups is 1. The molecule has 0 saturated carbocycles. The second kappa shape index (κ2) is 10.5. The molecule has 0 heterocycles. The molecule has 0 spiro atoms. The summed E-state index contributed by atoms with van der Waals surface area (Å²) in [5.41, 5.74) is 2.67. The molecular formula is C26H29NO3. The zero-order valence-electron chi connectivity index (χ0n) is 17.8. The first kappa shape index (κ1) is 21.4. The van der Waals surface area contributed by atoms with Gasteiger partial charge in [-0.05, 0) is 47.7 Å². The second-order valence-corrected chi connectivity index (χ2v) is 7.71. The van der Waals surface area contributed by atoms with E-state index in [1.54, 1.807) is 7.11 Å². The fourth-order valence-corrected chi connectivity index (χ4v) is 3.38. The van der Waals surface area contributed by atoms with Gasteiger partial charge in [-0.1, -0.05) is 68.4 Å². The first-order chi connectivity index (χ1) is 14.6. The van der Waals surface area contributed by atoms with Crippen molar-refractivity contribution in [3.05, 3.63) is 95.6 Å². The molecule has 0 saturated heterocycles. The Hall–Kier alpha value is -3.27. The summed E-state index contributed by atoms with van der Waals surface area (Å²) in [6.07, 6.45) is 0.881. The maximum atomic E-state index is 13.0. The normalized spacial score (nSPS) is 11.7. The summed E-state index contributed by atoms with van der Waals surface area (Å²) in [5.74, 6) is 1.75. The number of nitrogens with one attached hydrogen (secondary N) is 1. The van der Waals surface area contributed by atoms with Crippen molar-refractivity contribution in [3.8, 4) is 11.5 Å². The Morgan fingerprint density at radius 1 is 0.900 bits per heavy atom. The van der Waals surface area contributed by atoms with Gasteiger partial charge in [0.1, 0.15) is 6.61 Å². The molecule has 4 heteroatoms. The summed E-state index contributed by atoms with van der Waals surface area (Å²) >= 11 is 0. The number of methoxy groups -OCH3 is 1. The van der Waals surface area contributed by atoms with Crippen LogP contribution >= 0.6 is 0 Å². The van der Waals surface area contributed by atoms with Gasteiger partial charge in [0.15, 0.2) is 11.5 Å². The van der Waals surface area contributed by atoms with E-state index in [2.05, 4.69) is 31.3 Å². The van der Waals surface area contributed by atoms with Crippen molar-refractivity contribution in [2.75, 3.05) is 7.11 Å². The molecule has 0 aliphatic carbocycles. The Balaban J connectivity index is 1.70. The Morgan fingerprint density at radius 3 is 2.30 bits per heavy atom. The van der Waals surface area contributed by atoms with Gasteiger partial charge in [0, 0.05) is 5.56 Å². The smallest absolute Gasteiger partial charge is 0.251 e. The van der Waals surface area contributed by atoms with Crippen molar-refractivity contribution in [1.82, 2.24) is 5.32 Å². The highest BCUT2D eigenvalue weighted by Gasteiger charge is 2.17. The molecule has 0 aromatic heterocycles. The van der Waals surface area contributed by atoms with Gasteiger partial charge in [0.25, 0.3) is 5.91 Å². The molecule has 0 aliphatic heterocycles. The van der Waals surface area contributed by atoms with E-state index in [0.717, 1.165) is 17.5 Å². The van der Waals surface area contributed by atoms with E-state index < -0.39 is 0 Å². The van der Waals surface area contributed by atoms with Crippen LogP contribution in [0.15, 0.2) is 78.9 Å². The predicted molar refractivity (Wildman–Crippen MR) is 120 cm³/mol. The zero-order valence-corrected chi connectivity index (χ0v) is 17.8. The number of hydrogen-bond acceptors (Lipinski definition) is 3. The minimum absolute atomic E-state index is 0.0211. The number of benzene rings is 3. The Bertz CT molecular complexity index is 953. The molecule has 0 aliphatic rings. The van der Waals surface area contributed by atoms with E-state index in [-0.39, 0.29) is 11.9 Å². The van der Waals surface area contributed by atoms with Gasteiger partial charge < -0.3 is 14.8 Å². The topological polar surface area (TPSA) is 47.6 Å². The fourth-order valence-electron chi connectivity index (χ4n) is 3.38. The van der Waals surface area contributed by atoms with Gasteiger partial charge >= 0.3 is 0 Å². The lowest BCUT2D eigenvalue weighted by molar-refractivity contribution is 0.0931. The van der Waals surface area contributed by atoms with Gasteiger partial charge in [-0.3, -0.25) is 4.79 Å². The molecule has 3 rings (SSSR count). The third kappa shape index (κ3) is 5.86. The van der Waals surface area contributed by atoms with Crippen LogP contribution in [-0.2, 0) is 6.61 Å². The van der Waals surface area contributed by atoms with Gasteiger partial charge in [-0.25, -0.2) is 0 Å². The van der Waals surface area contributed by atoms with Crippen molar-refractivity contribution >= 4 is 5.91 Å². The fraction of sp³-hybridized carbons (Fsp3) is 0.269. The van der Waals surface area contributed by atoms with Crippen LogP contribution in [0.3, 0.4) is 0 Å². The highest BCUT2D eigenvalue weighted by atomic mass is 16.5. The van der Waals surface area contributed by atoms with Gasteiger partial charge in [0.05, 0.1) is 13.2 Å². The lowest BCUT2D eigenvalue weighted by Crippen LogP contribution is -2.29. The maximum absolute atomic E-state index is 13.0. The monoisotopic (exact) mass is 403 g/mol. The molecule has 1 N–H and O–H groups in total. The molecule has 0 bridgehead atoms. The SMILES string of the molecule is COc1ccccc1OCc1cccc(C(=O)NC(CC(C)C)c2ccccc2)c1. The lowest BCUT2D eigenvalue weighted by Gasteiger charge is -2.21. The van der Waals surface area contributed by atoms with Gasteiger partial charge in [-0.15, -0.1) is 0 Å². The minimum atomic E-state index is -0.0800. The van der Waals surface area contributed by atoms with Crippen LogP contribution in [0.2, 0.25) is 0 Å². The maximum Gasteiger partial charge on any atom is 0.251 e. The molecule has 0 radical (unpaired) electrons. The van der Waals surface area contributed by atoms with Crippen LogP contribution in [0.5, 0.6) is 11.5 Å². The number of ether oxygens (including phenoxy) is 2. The Kier molecular flexibility index (Phi) is 7.50. The number of amides is 1. The molecule has 3 aromatic carbocycles. The molecular weight excluding hydrogens is 374 g/mol. The molecule has 4 nitrogen and oxygen atoms in total. The molecule has 1 unspecified atom stereocenters. The average Bonchev–Trinajstić information content (AvgIpc) is 2.78. The molecule has 0 fully saturated rings. The molecule has 30 heavy (non-hydrogen) atoms. The standard InChI is InChI=1S/C26H29NO3/c1-19(2)16-23(21-11-5-4-6-12-21)27-26(28)22-13-9-10-20(17-22)18-30-25-15-8-7-14-24(25)29-3/h4-15,17,19,23H,16,18H2,1-3H3,(H,27,28). The largest absolute Gasteiger partial charge is 0.493 e. The van der Waals surface area contributed by atoms with E-state index in [4.69, 9.17) is 9.47 Å². The number of hydrogen-bond donors (Lipinski definition) is 1. The second-order valence-electron chi connectivity index (χ2n) is 7.71. The Morgan fingerprint density at radius 2 is 1.60 bits per heavy atom. The van der Waals surface area contributed by atoms with Crippen LogP contribution in [0.1, 0.15) is 47.8 Å². The van der Waals surface area contributed by atoms with Gasteiger partial charge in [0.2, 0.25) is 0 Å². The van der Waals surface area contributed by atoms with E-state index >= 15 is 0 Å². The Labute approximate surface area is 178 Å². The highest BCUT2D eigenvalue weighted by Crippen LogP contribution is 2.27. The number of para-hydroxylation sites is 2. The van der Waals surface area contributed by atoms with Crippen LogP contribution < -0.4 is 14.8 Å². The zero-order chi connectivity index (χ0) is 21.3. The van der Waals surface area contributed by atoms with Crippen molar-refractivity contribution in [2.24, 2.45) is 5.92 Å². The summed E-state index contributed by atoms with van der Waals surface area (Å²) in [5, 5.41) is 3.20. The highest BCUT2D eigenvalue weighted by molar-refractivity contribution is 5.94. The summed E-state index contributed by atoms with van der Waals surface area (Å²) < 4.78 is 11.2. The summed E-state index contributed by atoms with van der Waals surface area (Å²) in [6, 6.07) is 25.2. The first-order valence-corrected chi connectivity index (χ1v) is 10.3. The predicted octanol–water partition coefficient (Wildman–Crippen LogP) is 5.79. The van der Waals surface area contributed by atoms with Crippen LogP contribution in [0.25, 0.3) is 0 Å². The molecule has 1 atom stereocenters. The third-order valence-electron chi connectivity index (χ3n) is 4.87. The molecule has 156 valence electrons. The van der Waals surface area contributed by atoms with Crippen LogP contribution in [0, 0.1) is 5.92 Å². The average molecular weight is 404 g/mol. The first-order valence-electron chi connectivity index (χ1n) is 10.3. The minimum Gasteiger partial charge on any atom is -0.493 e. The summed E-state index contributed by atoms with van der Waals surface area (Å²) in [7, 11) is 1.62. The van der Waals surface area contributed by atoms with Crippen molar-refractivity contribution in [3.63, 3.8) is 0 Å². The van der Waals surface area contributed by atoms with Crippen LogP contribution in [-0.4, -0.2) is 13.0 Å². The molecule has 1 amide bonds. The van der Waals surface area contributed by atoms with Crippen molar-refractivity contribution in [1.29, 1.82) is 0 Å². The summed E-state index contributed by atoms with van der Waals surface area (Å²) in [4.78, 5) is 13.0. The number of rotatable bonds is 9. The third-order valence-corrected chi connectivity index (χ3v) is 4.87. The van der Waals surface area contributed by atoms with E-state index in [0.29, 0.717) is 29.6 Å². The van der Waals surface area contributed by atoms with Crippen molar-refractivity contribution < 1.29 is 14.3 Å². The lowest BCUT2D eigenvalue weighted by atomic mass is 9.96.